The number of hydrogen-bond donors (Lipinski definition) is 2. The van der Waals surface area contributed by atoms with Crippen LogP contribution in [0.2, 0.25) is 0 Å². The number of carbonyl (C=O) groups excluding carboxylic acids is 2. The van der Waals surface area contributed by atoms with Gasteiger partial charge in [-0.2, -0.15) is 0 Å². The predicted molar refractivity (Wildman–Crippen MR) is 120 cm³/mol. The SMILES string of the molecule is CC=C(C)C(=O)OC(C)(C)[C@@]1(CC2CCC(N)NC2)CC2CC3CCC(=O)OC3CC2O1. The van der Waals surface area contributed by atoms with Crippen LogP contribution in [0.1, 0.15) is 79.1 Å². The zero-order chi connectivity index (χ0) is 23.1. The van der Waals surface area contributed by atoms with Crippen LogP contribution in [0.4, 0.5) is 0 Å². The molecule has 0 aromatic carbocycles. The third-order valence-electron chi connectivity index (χ3n) is 8.47. The lowest BCUT2D eigenvalue weighted by atomic mass is 9.69. The van der Waals surface area contributed by atoms with E-state index in [9.17, 15) is 9.59 Å². The molecule has 3 saturated heterocycles. The van der Waals surface area contributed by atoms with Crippen molar-refractivity contribution in [3.63, 3.8) is 0 Å². The Hall–Kier alpha value is -1.44. The standard InChI is InChI=1S/C25H40N2O5/c1-5-15(2)23(29)32-24(3,4)25(12-16-6-8-21(26)27-14-16)13-18-10-17-7-9-22(28)30-19(17)11-20(18)31-25/h5,16-21,27H,6-14,26H2,1-4H3/t16?,17?,18?,19?,20?,21?,25-/m1/s1. The van der Waals surface area contributed by atoms with Gasteiger partial charge < -0.3 is 25.3 Å². The molecule has 3 heterocycles. The summed E-state index contributed by atoms with van der Waals surface area (Å²) in [5.41, 5.74) is 5.30. The van der Waals surface area contributed by atoms with E-state index in [1.54, 1.807) is 13.0 Å². The highest BCUT2D eigenvalue weighted by molar-refractivity contribution is 5.88. The molecule has 7 heteroatoms. The van der Waals surface area contributed by atoms with Crippen LogP contribution in [0.25, 0.3) is 0 Å². The van der Waals surface area contributed by atoms with Crippen LogP contribution in [0.15, 0.2) is 11.6 Å². The number of fused-ring (bicyclic) bond motifs is 2. The molecule has 4 fully saturated rings. The quantitative estimate of drug-likeness (QED) is 0.492. The predicted octanol–water partition coefficient (Wildman–Crippen LogP) is 3.21. The van der Waals surface area contributed by atoms with Crippen molar-refractivity contribution in [2.45, 2.75) is 109 Å². The van der Waals surface area contributed by atoms with Crippen molar-refractivity contribution in [1.82, 2.24) is 5.32 Å². The van der Waals surface area contributed by atoms with Crippen LogP contribution in [0.3, 0.4) is 0 Å². The fourth-order valence-corrected chi connectivity index (χ4v) is 6.27. The Labute approximate surface area is 191 Å². The van der Waals surface area contributed by atoms with Gasteiger partial charge in [0.2, 0.25) is 0 Å². The number of allylic oxidation sites excluding steroid dienone is 1. The maximum atomic E-state index is 12.7. The van der Waals surface area contributed by atoms with Crippen LogP contribution < -0.4 is 11.1 Å². The molecule has 3 N–H and O–H groups in total. The van der Waals surface area contributed by atoms with E-state index in [0.29, 0.717) is 29.7 Å². The highest BCUT2D eigenvalue weighted by Gasteiger charge is 2.60. The number of ether oxygens (including phenoxy) is 3. The van der Waals surface area contributed by atoms with Gasteiger partial charge in [-0.3, -0.25) is 4.79 Å². The van der Waals surface area contributed by atoms with Gasteiger partial charge in [0, 0.05) is 18.4 Å². The first-order valence-electron chi connectivity index (χ1n) is 12.3. The third-order valence-corrected chi connectivity index (χ3v) is 8.47. The highest BCUT2D eigenvalue weighted by Crippen LogP contribution is 2.54. The van der Waals surface area contributed by atoms with Gasteiger partial charge in [-0.1, -0.05) is 6.08 Å². The van der Waals surface area contributed by atoms with E-state index in [4.69, 9.17) is 19.9 Å². The molecular formula is C25H40N2O5. The number of rotatable bonds is 5. The first-order valence-corrected chi connectivity index (χ1v) is 12.3. The molecule has 0 radical (unpaired) electrons. The van der Waals surface area contributed by atoms with E-state index in [0.717, 1.165) is 51.5 Å². The molecule has 0 amide bonds. The Bertz CT molecular complexity index is 757. The van der Waals surface area contributed by atoms with E-state index in [1.165, 1.54) is 0 Å². The first kappa shape index (κ1) is 23.7. The van der Waals surface area contributed by atoms with Crippen molar-refractivity contribution in [3.05, 3.63) is 11.6 Å². The number of piperidine rings is 1. The first-order chi connectivity index (χ1) is 15.1. The van der Waals surface area contributed by atoms with Gasteiger partial charge >= 0.3 is 11.9 Å². The minimum absolute atomic E-state index is 0.0294. The number of esters is 2. The van der Waals surface area contributed by atoms with E-state index in [-0.39, 0.29) is 30.3 Å². The summed E-state index contributed by atoms with van der Waals surface area (Å²) in [5.74, 6) is 0.846. The van der Waals surface area contributed by atoms with Gasteiger partial charge in [0.25, 0.3) is 0 Å². The zero-order valence-corrected chi connectivity index (χ0v) is 20.0. The number of carbonyl (C=O) groups is 2. The number of nitrogens with two attached hydrogens (primary N) is 1. The summed E-state index contributed by atoms with van der Waals surface area (Å²) in [6, 6.07) is 0. The summed E-state index contributed by atoms with van der Waals surface area (Å²) in [7, 11) is 0. The summed E-state index contributed by atoms with van der Waals surface area (Å²) < 4.78 is 18.7. The maximum Gasteiger partial charge on any atom is 0.334 e. The van der Waals surface area contributed by atoms with Crippen LogP contribution in [0.5, 0.6) is 0 Å². The van der Waals surface area contributed by atoms with Gasteiger partial charge in [0.15, 0.2) is 0 Å². The molecule has 0 bridgehead atoms. The molecule has 7 atom stereocenters. The molecule has 0 aromatic heterocycles. The molecule has 32 heavy (non-hydrogen) atoms. The largest absolute Gasteiger partial charge is 0.462 e. The average molecular weight is 449 g/mol. The maximum absolute atomic E-state index is 12.7. The average Bonchev–Trinajstić information content (AvgIpc) is 3.11. The normalized spacial score (nSPS) is 40.3. The van der Waals surface area contributed by atoms with Gasteiger partial charge in [0.1, 0.15) is 17.3 Å². The van der Waals surface area contributed by atoms with Crippen molar-refractivity contribution in [2.75, 3.05) is 6.54 Å². The fourth-order valence-electron chi connectivity index (χ4n) is 6.27. The lowest BCUT2D eigenvalue weighted by Crippen LogP contribution is -2.56. The Morgan fingerprint density at radius 1 is 1.25 bits per heavy atom. The highest BCUT2D eigenvalue weighted by atomic mass is 16.6. The minimum atomic E-state index is -0.785. The van der Waals surface area contributed by atoms with E-state index in [2.05, 4.69) is 5.32 Å². The second-order valence-corrected chi connectivity index (χ2v) is 10.9. The number of nitrogens with one attached hydrogen (secondary N) is 1. The molecule has 4 aliphatic rings. The minimum Gasteiger partial charge on any atom is -0.462 e. The Balaban J connectivity index is 1.57. The van der Waals surface area contributed by atoms with E-state index < -0.39 is 11.2 Å². The van der Waals surface area contributed by atoms with Crippen LogP contribution in [-0.4, -0.2) is 48.1 Å². The summed E-state index contributed by atoms with van der Waals surface area (Å²) in [5, 5.41) is 3.40. The smallest absolute Gasteiger partial charge is 0.334 e. The summed E-state index contributed by atoms with van der Waals surface area (Å²) >= 11 is 0. The van der Waals surface area contributed by atoms with Gasteiger partial charge in [-0.05, 0) is 90.5 Å². The third kappa shape index (κ3) is 4.62. The van der Waals surface area contributed by atoms with Gasteiger partial charge in [-0.25, -0.2) is 4.79 Å². The van der Waals surface area contributed by atoms with Crippen molar-refractivity contribution >= 4 is 11.9 Å². The van der Waals surface area contributed by atoms with E-state index >= 15 is 0 Å². The van der Waals surface area contributed by atoms with Crippen LogP contribution in [-0.2, 0) is 23.8 Å². The van der Waals surface area contributed by atoms with Crippen molar-refractivity contribution in [3.8, 4) is 0 Å². The molecule has 0 aromatic rings. The molecule has 0 spiro atoms. The van der Waals surface area contributed by atoms with Crippen molar-refractivity contribution in [2.24, 2.45) is 23.5 Å². The lowest BCUT2D eigenvalue weighted by Gasteiger charge is -2.46. The van der Waals surface area contributed by atoms with E-state index in [1.807, 2.05) is 20.8 Å². The van der Waals surface area contributed by atoms with Crippen LogP contribution >= 0.6 is 0 Å². The molecule has 7 nitrogen and oxygen atoms in total. The Morgan fingerprint density at radius 2 is 2.03 bits per heavy atom. The molecule has 3 aliphatic heterocycles. The second kappa shape index (κ2) is 9.07. The summed E-state index contributed by atoms with van der Waals surface area (Å²) in [4.78, 5) is 24.6. The molecule has 6 unspecified atom stereocenters. The molecule has 4 rings (SSSR count). The lowest BCUT2D eigenvalue weighted by molar-refractivity contribution is -0.206. The molecule has 180 valence electrons. The fraction of sp³-hybridized carbons (Fsp3) is 0.840. The molecule has 1 aliphatic carbocycles. The van der Waals surface area contributed by atoms with Crippen molar-refractivity contribution < 1.29 is 23.8 Å². The summed E-state index contributed by atoms with van der Waals surface area (Å²) in [6.45, 7) is 8.48. The van der Waals surface area contributed by atoms with Gasteiger partial charge in [0.05, 0.1) is 12.3 Å². The van der Waals surface area contributed by atoms with Gasteiger partial charge in [-0.15, -0.1) is 0 Å². The summed E-state index contributed by atoms with van der Waals surface area (Å²) in [6.07, 6.45) is 8.66. The van der Waals surface area contributed by atoms with Crippen molar-refractivity contribution in [1.29, 1.82) is 0 Å². The topological polar surface area (TPSA) is 99.9 Å². The second-order valence-electron chi connectivity index (χ2n) is 10.9. The molecule has 1 saturated carbocycles. The van der Waals surface area contributed by atoms with Crippen LogP contribution in [0, 0.1) is 17.8 Å². The zero-order valence-electron chi connectivity index (χ0n) is 20.0. The Kier molecular flexibility index (Phi) is 6.72. The molecular weight excluding hydrogens is 408 g/mol. The Morgan fingerprint density at radius 3 is 2.72 bits per heavy atom. The number of hydrogen-bond acceptors (Lipinski definition) is 7. The monoisotopic (exact) mass is 448 g/mol.